The summed E-state index contributed by atoms with van der Waals surface area (Å²) in [5, 5.41) is 0. The minimum atomic E-state index is -0.391. The maximum Gasteiger partial charge on any atom is 0.349 e. The minimum absolute atomic E-state index is 0.391. The van der Waals surface area contributed by atoms with Crippen LogP contribution < -0.4 is 10.6 Å². The molecule has 16 heavy (non-hydrogen) atoms. The Labute approximate surface area is 92.8 Å². The summed E-state index contributed by atoms with van der Waals surface area (Å²) in [7, 11) is 3.59. The van der Waals surface area contributed by atoms with E-state index < -0.39 is 5.69 Å². The molecule has 1 heterocycles. The van der Waals surface area contributed by atoms with E-state index in [-0.39, 0.29) is 0 Å². The smallest absolute Gasteiger partial charge is 0.347 e. The molecular formula is C11H12N4O. The first-order valence-electron chi connectivity index (χ1n) is 4.88. The quantitative estimate of drug-likeness (QED) is 0.810. The number of nitrogens with one attached hydrogen (secondary N) is 1. The van der Waals surface area contributed by atoms with Gasteiger partial charge >= 0.3 is 5.69 Å². The molecule has 0 spiro atoms. The van der Waals surface area contributed by atoms with E-state index in [4.69, 9.17) is 0 Å². The van der Waals surface area contributed by atoms with Crippen molar-refractivity contribution in [1.82, 2.24) is 15.0 Å². The Kier molecular flexibility index (Phi) is 2.68. The number of hydrogen-bond acceptors (Lipinski definition) is 4. The fraction of sp³-hybridized carbons (Fsp3) is 0.182. The van der Waals surface area contributed by atoms with Crippen LogP contribution in [0.4, 0.5) is 5.95 Å². The van der Waals surface area contributed by atoms with E-state index >= 15 is 0 Å². The fourth-order valence-corrected chi connectivity index (χ4v) is 1.31. The lowest BCUT2D eigenvalue weighted by Crippen LogP contribution is -2.21. The van der Waals surface area contributed by atoms with Crippen molar-refractivity contribution in [2.45, 2.75) is 0 Å². The van der Waals surface area contributed by atoms with Gasteiger partial charge in [0.1, 0.15) is 5.82 Å². The first-order chi connectivity index (χ1) is 7.66. The van der Waals surface area contributed by atoms with Crippen molar-refractivity contribution in [3.8, 4) is 11.4 Å². The highest BCUT2D eigenvalue weighted by atomic mass is 16.1. The monoisotopic (exact) mass is 216 g/mol. The van der Waals surface area contributed by atoms with Gasteiger partial charge in [0.05, 0.1) is 0 Å². The van der Waals surface area contributed by atoms with E-state index in [9.17, 15) is 4.79 Å². The van der Waals surface area contributed by atoms with Crippen LogP contribution in [0.5, 0.6) is 0 Å². The molecule has 0 fully saturated rings. The van der Waals surface area contributed by atoms with Gasteiger partial charge in [-0.1, -0.05) is 30.3 Å². The van der Waals surface area contributed by atoms with Crippen LogP contribution in [0.15, 0.2) is 35.1 Å². The molecule has 5 nitrogen and oxygen atoms in total. The Morgan fingerprint density at radius 2 is 1.81 bits per heavy atom. The van der Waals surface area contributed by atoms with Crippen LogP contribution in [0.2, 0.25) is 0 Å². The number of anilines is 1. The molecule has 0 unspecified atom stereocenters. The molecule has 1 aromatic heterocycles. The molecule has 0 bridgehead atoms. The summed E-state index contributed by atoms with van der Waals surface area (Å²) in [6.07, 6.45) is 0. The summed E-state index contributed by atoms with van der Waals surface area (Å²) >= 11 is 0. The summed E-state index contributed by atoms with van der Waals surface area (Å²) in [6.45, 7) is 0. The maximum absolute atomic E-state index is 11.4. The van der Waals surface area contributed by atoms with Crippen molar-refractivity contribution in [3.63, 3.8) is 0 Å². The van der Waals surface area contributed by atoms with E-state index in [1.807, 2.05) is 30.3 Å². The van der Waals surface area contributed by atoms with E-state index in [0.717, 1.165) is 5.56 Å². The van der Waals surface area contributed by atoms with Gasteiger partial charge in [-0.2, -0.15) is 9.97 Å². The highest BCUT2D eigenvalue weighted by Crippen LogP contribution is 2.13. The molecule has 0 saturated carbocycles. The number of hydrogen-bond donors (Lipinski definition) is 1. The van der Waals surface area contributed by atoms with Gasteiger partial charge in [-0.3, -0.25) is 4.98 Å². The second-order valence-electron chi connectivity index (χ2n) is 3.56. The normalized spacial score (nSPS) is 10.1. The summed E-state index contributed by atoms with van der Waals surface area (Å²) in [4.78, 5) is 23.7. The molecule has 0 amide bonds. The molecule has 0 atom stereocenters. The molecule has 0 saturated heterocycles. The van der Waals surface area contributed by atoms with Crippen LogP contribution in [-0.4, -0.2) is 29.0 Å². The standard InChI is InChI=1S/C11H12N4O/c1-15(2)10-12-9(13-11(16)14-10)8-6-4-3-5-7-8/h3-7H,1-2H3,(H,12,13,14,16). The fourth-order valence-electron chi connectivity index (χ4n) is 1.31. The highest BCUT2D eigenvalue weighted by molar-refractivity contribution is 5.55. The molecular weight excluding hydrogens is 204 g/mol. The summed E-state index contributed by atoms with van der Waals surface area (Å²) < 4.78 is 0. The second kappa shape index (κ2) is 4.14. The highest BCUT2D eigenvalue weighted by Gasteiger charge is 2.05. The molecule has 82 valence electrons. The molecule has 0 aliphatic heterocycles. The molecule has 5 heteroatoms. The minimum Gasteiger partial charge on any atom is -0.347 e. The van der Waals surface area contributed by atoms with Crippen molar-refractivity contribution < 1.29 is 0 Å². The van der Waals surface area contributed by atoms with Crippen molar-refractivity contribution in [1.29, 1.82) is 0 Å². The van der Waals surface area contributed by atoms with Crippen LogP contribution in [0.25, 0.3) is 11.4 Å². The zero-order valence-electron chi connectivity index (χ0n) is 9.14. The Hall–Kier alpha value is -2.17. The molecule has 2 aromatic rings. The number of aromatic amines is 1. The van der Waals surface area contributed by atoms with Crippen molar-refractivity contribution >= 4 is 5.95 Å². The summed E-state index contributed by atoms with van der Waals surface area (Å²) in [5.74, 6) is 0.937. The predicted octanol–water partition coefficient (Wildman–Crippen LogP) is 0.898. The lowest BCUT2D eigenvalue weighted by Gasteiger charge is -2.09. The third-order valence-corrected chi connectivity index (χ3v) is 2.09. The number of rotatable bonds is 2. The molecule has 0 aliphatic rings. The van der Waals surface area contributed by atoms with Gasteiger partial charge in [0.2, 0.25) is 5.95 Å². The van der Waals surface area contributed by atoms with Gasteiger partial charge < -0.3 is 4.90 Å². The number of nitrogens with zero attached hydrogens (tertiary/aromatic N) is 3. The third-order valence-electron chi connectivity index (χ3n) is 2.09. The first-order valence-corrected chi connectivity index (χ1v) is 4.88. The Balaban J connectivity index is 2.54. The van der Waals surface area contributed by atoms with Crippen molar-refractivity contribution in [2.24, 2.45) is 0 Å². The largest absolute Gasteiger partial charge is 0.349 e. The van der Waals surface area contributed by atoms with Gasteiger partial charge in [-0.15, -0.1) is 0 Å². The van der Waals surface area contributed by atoms with Gasteiger partial charge in [0.15, 0.2) is 0 Å². The molecule has 0 radical (unpaired) electrons. The lowest BCUT2D eigenvalue weighted by molar-refractivity contribution is 0.928. The average molecular weight is 216 g/mol. The SMILES string of the molecule is CN(C)c1nc(-c2ccccc2)[nH]c(=O)n1. The second-order valence-corrected chi connectivity index (χ2v) is 3.56. The number of aromatic nitrogens is 3. The lowest BCUT2D eigenvalue weighted by atomic mass is 10.2. The van der Waals surface area contributed by atoms with Gasteiger partial charge in [0.25, 0.3) is 0 Å². The molecule has 1 N–H and O–H groups in total. The molecule has 2 rings (SSSR count). The molecule has 0 aliphatic carbocycles. The maximum atomic E-state index is 11.4. The van der Waals surface area contributed by atoms with Gasteiger partial charge in [0, 0.05) is 19.7 Å². The summed E-state index contributed by atoms with van der Waals surface area (Å²) in [5.41, 5.74) is 0.475. The van der Waals surface area contributed by atoms with E-state index in [1.165, 1.54) is 0 Å². The topological polar surface area (TPSA) is 61.9 Å². The first kappa shape index (κ1) is 10.4. The zero-order valence-corrected chi connectivity index (χ0v) is 9.14. The van der Waals surface area contributed by atoms with Crippen molar-refractivity contribution in [2.75, 3.05) is 19.0 Å². The van der Waals surface area contributed by atoms with Crippen LogP contribution in [-0.2, 0) is 0 Å². The van der Waals surface area contributed by atoms with Gasteiger partial charge in [-0.05, 0) is 0 Å². The van der Waals surface area contributed by atoms with Gasteiger partial charge in [-0.25, -0.2) is 4.79 Å². The van der Waals surface area contributed by atoms with Crippen molar-refractivity contribution in [3.05, 3.63) is 40.8 Å². The summed E-state index contributed by atoms with van der Waals surface area (Å²) in [6, 6.07) is 9.47. The van der Waals surface area contributed by atoms with Crippen LogP contribution in [0.1, 0.15) is 0 Å². The predicted molar refractivity (Wildman–Crippen MR) is 62.4 cm³/mol. The van der Waals surface area contributed by atoms with Crippen LogP contribution in [0, 0.1) is 0 Å². The Morgan fingerprint density at radius 1 is 1.12 bits per heavy atom. The third kappa shape index (κ3) is 2.08. The Bertz CT molecular complexity index is 533. The van der Waals surface area contributed by atoms with Crippen LogP contribution >= 0.6 is 0 Å². The van der Waals surface area contributed by atoms with E-state index in [0.29, 0.717) is 11.8 Å². The average Bonchev–Trinajstić information content (AvgIpc) is 2.29. The number of benzene rings is 1. The van der Waals surface area contributed by atoms with E-state index in [2.05, 4.69) is 15.0 Å². The zero-order chi connectivity index (χ0) is 11.5. The Morgan fingerprint density at radius 3 is 2.44 bits per heavy atom. The van der Waals surface area contributed by atoms with Crippen LogP contribution in [0.3, 0.4) is 0 Å². The van der Waals surface area contributed by atoms with E-state index in [1.54, 1.807) is 19.0 Å². The number of H-pyrrole nitrogens is 1. The molecule has 1 aromatic carbocycles.